The van der Waals surface area contributed by atoms with Gasteiger partial charge in [0.2, 0.25) is 0 Å². The van der Waals surface area contributed by atoms with Crippen LogP contribution >= 0.6 is 0 Å². The van der Waals surface area contributed by atoms with Gasteiger partial charge in [0.05, 0.1) is 11.4 Å². The average molecular weight is 405 g/mol. The first-order valence-electron chi connectivity index (χ1n) is 9.94. The molecule has 156 valence electrons. The van der Waals surface area contributed by atoms with E-state index in [4.69, 9.17) is 0 Å². The average Bonchev–Trinajstić information content (AvgIpc) is 2.99. The van der Waals surface area contributed by atoms with Crippen LogP contribution in [0.25, 0.3) is 0 Å². The molecule has 0 bridgehead atoms. The van der Waals surface area contributed by atoms with Gasteiger partial charge in [-0.05, 0) is 35.6 Å². The fourth-order valence-corrected chi connectivity index (χ4v) is 3.23. The lowest BCUT2D eigenvalue weighted by atomic mass is 9.87. The van der Waals surface area contributed by atoms with Gasteiger partial charge in [-0.25, -0.2) is 0 Å². The SMILES string of the molecule is Cc1nn(C)c(C(=O)NCc2ccc(C(C)(C)C)cc2)c1NC(=O)c1ccccc1. The maximum Gasteiger partial charge on any atom is 0.271 e. The first-order chi connectivity index (χ1) is 14.2. The molecule has 3 rings (SSSR count). The van der Waals surface area contributed by atoms with E-state index in [1.54, 1.807) is 38.2 Å². The minimum absolute atomic E-state index is 0.0832. The molecule has 0 aliphatic carbocycles. The lowest BCUT2D eigenvalue weighted by Crippen LogP contribution is -2.27. The minimum Gasteiger partial charge on any atom is -0.347 e. The maximum atomic E-state index is 12.9. The Labute approximate surface area is 177 Å². The fraction of sp³-hybridized carbons (Fsp3) is 0.292. The summed E-state index contributed by atoms with van der Waals surface area (Å²) in [6, 6.07) is 17.1. The number of aryl methyl sites for hydroxylation is 2. The number of rotatable bonds is 5. The van der Waals surface area contributed by atoms with Gasteiger partial charge in [-0.3, -0.25) is 14.3 Å². The molecule has 1 heterocycles. The summed E-state index contributed by atoms with van der Waals surface area (Å²) >= 11 is 0. The summed E-state index contributed by atoms with van der Waals surface area (Å²) in [5.41, 5.74) is 4.18. The highest BCUT2D eigenvalue weighted by Crippen LogP contribution is 2.23. The highest BCUT2D eigenvalue weighted by molar-refractivity contribution is 6.08. The van der Waals surface area contributed by atoms with Crippen LogP contribution in [0.5, 0.6) is 0 Å². The van der Waals surface area contributed by atoms with E-state index in [1.165, 1.54) is 10.2 Å². The van der Waals surface area contributed by atoms with Gasteiger partial charge in [0.1, 0.15) is 5.69 Å². The number of anilines is 1. The van der Waals surface area contributed by atoms with Crippen molar-refractivity contribution in [3.05, 3.63) is 82.7 Å². The summed E-state index contributed by atoms with van der Waals surface area (Å²) in [5.74, 6) is -0.570. The number of nitrogens with one attached hydrogen (secondary N) is 2. The number of benzene rings is 2. The van der Waals surface area contributed by atoms with Crippen molar-refractivity contribution < 1.29 is 9.59 Å². The van der Waals surface area contributed by atoms with Crippen LogP contribution in [0.4, 0.5) is 5.69 Å². The lowest BCUT2D eigenvalue weighted by Gasteiger charge is -2.19. The van der Waals surface area contributed by atoms with Gasteiger partial charge in [0.15, 0.2) is 0 Å². The van der Waals surface area contributed by atoms with Crippen LogP contribution in [-0.4, -0.2) is 21.6 Å². The molecule has 2 amide bonds. The fourth-order valence-electron chi connectivity index (χ4n) is 3.23. The number of carbonyl (C=O) groups excluding carboxylic acids is 2. The van der Waals surface area contributed by atoms with Gasteiger partial charge in [0, 0.05) is 19.2 Å². The Bertz CT molecular complexity index is 1050. The molecule has 0 saturated heterocycles. The normalized spacial score (nSPS) is 11.2. The van der Waals surface area contributed by atoms with Crippen LogP contribution in [0.1, 0.15) is 58.4 Å². The van der Waals surface area contributed by atoms with Crippen LogP contribution < -0.4 is 10.6 Å². The van der Waals surface area contributed by atoms with E-state index in [0.29, 0.717) is 29.2 Å². The third kappa shape index (κ3) is 4.76. The molecule has 6 nitrogen and oxygen atoms in total. The van der Waals surface area contributed by atoms with E-state index in [1.807, 2.05) is 18.2 Å². The Hall–Kier alpha value is -3.41. The number of carbonyl (C=O) groups is 2. The Morgan fingerprint density at radius 3 is 2.20 bits per heavy atom. The predicted octanol–water partition coefficient (Wildman–Crippen LogP) is 4.21. The predicted molar refractivity (Wildman–Crippen MR) is 119 cm³/mol. The number of aromatic nitrogens is 2. The zero-order chi connectivity index (χ0) is 21.9. The second-order valence-electron chi connectivity index (χ2n) is 8.38. The van der Waals surface area contributed by atoms with Crippen molar-refractivity contribution in [1.29, 1.82) is 0 Å². The minimum atomic E-state index is -0.290. The summed E-state index contributed by atoms with van der Waals surface area (Å²) in [7, 11) is 1.69. The largest absolute Gasteiger partial charge is 0.347 e. The monoisotopic (exact) mass is 404 g/mol. The van der Waals surface area contributed by atoms with Gasteiger partial charge in [0.25, 0.3) is 11.8 Å². The molecule has 2 N–H and O–H groups in total. The van der Waals surface area contributed by atoms with Crippen LogP contribution in [0, 0.1) is 6.92 Å². The molecule has 3 aromatic rings. The van der Waals surface area contributed by atoms with E-state index in [-0.39, 0.29) is 17.2 Å². The van der Waals surface area contributed by atoms with Gasteiger partial charge in [-0.1, -0.05) is 63.2 Å². The van der Waals surface area contributed by atoms with Crippen molar-refractivity contribution in [2.45, 2.75) is 39.7 Å². The first-order valence-corrected chi connectivity index (χ1v) is 9.94. The van der Waals surface area contributed by atoms with Gasteiger partial charge in [-0.15, -0.1) is 0 Å². The van der Waals surface area contributed by atoms with Gasteiger partial charge >= 0.3 is 0 Å². The molecule has 0 spiro atoms. The molecule has 0 atom stereocenters. The quantitative estimate of drug-likeness (QED) is 0.669. The van der Waals surface area contributed by atoms with Crippen LogP contribution in [0.15, 0.2) is 54.6 Å². The smallest absolute Gasteiger partial charge is 0.271 e. The van der Waals surface area contributed by atoms with Crippen LogP contribution in [0.2, 0.25) is 0 Å². The van der Waals surface area contributed by atoms with Gasteiger partial charge in [-0.2, -0.15) is 5.10 Å². The number of nitrogens with zero attached hydrogens (tertiary/aromatic N) is 2. The standard InChI is InChI=1S/C24H28N4O2/c1-16-20(26-22(29)18-9-7-6-8-10-18)21(28(5)27-16)23(30)25-15-17-11-13-19(14-12-17)24(2,3)4/h6-14H,15H2,1-5H3,(H,25,30)(H,26,29). The molecule has 1 aromatic heterocycles. The molecule has 2 aromatic carbocycles. The molecule has 0 saturated carbocycles. The Morgan fingerprint density at radius 1 is 0.967 bits per heavy atom. The summed E-state index contributed by atoms with van der Waals surface area (Å²) < 4.78 is 1.49. The van der Waals surface area contributed by atoms with E-state index >= 15 is 0 Å². The summed E-state index contributed by atoms with van der Waals surface area (Å²) in [6.07, 6.45) is 0. The lowest BCUT2D eigenvalue weighted by molar-refractivity contribution is 0.0942. The Kier molecular flexibility index (Phi) is 6.06. The molecule has 30 heavy (non-hydrogen) atoms. The van der Waals surface area contributed by atoms with Crippen LogP contribution in [-0.2, 0) is 19.0 Å². The zero-order valence-corrected chi connectivity index (χ0v) is 18.1. The molecular weight excluding hydrogens is 376 g/mol. The van der Waals surface area contributed by atoms with E-state index in [2.05, 4.69) is 48.6 Å². The molecule has 0 radical (unpaired) electrons. The van der Waals surface area contributed by atoms with Crippen molar-refractivity contribution in [2.24, 2.45) is 7.05 Å². The van der Waals surface area contributed by atoms with Crippen molar-refractivity contribution in [3.8, 4) is 0 Å². The third-order valence-electron chi connectivity index (χ3n) is 4.98. The second-order valence-corrected chi connectivity index (χ2v) is 8.38. The first kappa shape index (κ1) is 21.3. The van der Waals surface area contributed by atoms with Gasteiger partial charge < -0.3 is 10.6 Å². The number of amides is 2. The Morgan fingerprint density at radius 2 is 1.60 bits per heavy atom. The molecular formula is C24H28N4O2. The summed E-state index contributed by atoms with van der Waals surface area (Å²) in [5, 5.41) is 10.1. The topological polar surface area (TPSA) is 76.0 Å². The zero-order valence-electron chi connectivity index (χ0n) is 18.1. The van der Waals surface area contributed by atoms with Crippen molar-refractivity contribution in [3.63, 3.8) is 0 Å². The maximum absolute atomic E-state index is 12.9. The molecule has 0 fully saturated rings. The third-order valence-corrected chi connectivity index (χ3v) is 4.98. The molecule has 0 aliphatic heterocycles. The van der Waals surface area contributed by atoms with E-state index < -0.39 is 0 Å². The highest BCUT2D eigenvalue weighted by atomic mass is 16.2. The molecule has 0 aliphatic rings. The second kappa shape index (κ2) is 8.53. The van der Waals surface area contributed by atoms with Crippen molar-refractivity contribution >= 4 is 17.5 Å². The van der Waals surface area contributed by atoms with Crippen molar-refractivity contribution in [2.75, 3.05) is 5.32 Å². The number of hydrogen-bond acceptors (Lipinski definition) is 3. The van der Waals surface area contributed by atoms with Crippen LogP contribution in [0.3, 0.4) is 0 Å². The molecule has 6 heteroatoms. The number of hydrogen-bond donors (Lipinski definition) is 2. The van der Waals surface area contributed by atoms with Crippen molar-refractivity contribution in [1.82, 2.24) is 15.1 Å². The van der Waals surface area contributed by atoms with E-state index in [0.717, 1.165) is 5.56 Å². The van der Waals surface area contributed by atoms with E-state index in [9.17, 15) is 9.59 Å². The summed E-state index contributed by atoms with van der Waals surface area (Å²) in [6.45, 7) is 8.65. The Balaban J connectivity index is 1.74. The molecule has 0 unspecified atom stereocenters. The summed E-state index contributed by atoms with van der Waals surface area (Å²) in [4.78, 5) is 25.5. The highest BCUT2D eigenvalue weighted by Gasteiger charge is 2.22.